The number of imidazole rings is 6. The molecule has 0 amide bonds. The van der Waals surface area contributed by atoms with Gasteiger partial charge in [-0.1, -0.05) is 138 Å². The van der Waals surface area contributed by atoms with E-state index in [0.717, 1.165) is 130 Å². The average Bonchev–Trinajstić information content (AvgIpc) is 1.62. The van der Waals surface area contributed by atoms with Crippen LogP contribution in [0.4, 0.5) is 0 Å². The summed E-state index contributed by atoms with van der Waals surface area (Å²) in [4.78, 5) is 51.8. The standard InChI is InChI=1S/2C18H23N3O2.2C17H15N3O.2C17H21N3O/c2*1-23-18-7-13-14(9-20-18)16-10-19-11-21(16)15(13)8-17(22)12-5-3-2-4-6-12;2*21-16(12-5-2-1-3-6-12)9-14-17-13(7-4-8-19-17)15-10-18-11-20(14)15;2*21-17(12-4-2-1-3-5-12)8-15-14-9-18-7-6-13(14)16-10-19-11-20(15)16/h2*7,9-12,15,17,22H,2-6,8H2,1H3;2*1-8,10-11,14,16,21H,9H2;2*6-7,9-12,15,17,21H,1-5,8H2. The van der Waals surface area contributed by atoms with E-state index in [1.54, 1.807) is 26.6 Å². The Morgan fingerprint density at radius 3 is 0.885 bits per heavy atom. The second-order valence-corrected chi connectivity index (χ2v) is 36.8. The van der Waals surface area contributed by atoms with Crippen molar-refractivity contribution in [3.05, 3.63) is 279 Å². The summed E-state index contributed by atoms with van der Waals surface area (Å²) in [6, 6.07) is 36.3. The molecule has 26 nitrogen and oxygen atoms in total. The molecule has 10 aliphatic rings. The van der Waals surface area contributed by atoms with Gasteiger partial charge in [0.25, 0.3) is 0 Å². The Morgan fingerprint density at radius 1 is 0.277 bits per heavy atom. The van der Waals surface area contributed by atoms with E-state index in [0.29, 0.717) is 48.3 Å². The average molecular weight is 1750 g/mol. The number of hydrogen-bond acceptors (Lipinski definition) is 20. The summed E-state index contributed by atoms with van der Waals surface area (Å²) in [5, 5.41) is 63.9. The van der Waals surface area contributed by atoms with Gasteiger partial charge in [0.15, 0.2) is 0 Å². The number of aliphatic hydroxyl groups is 6. The summed E-state index contributed by atoms with van der Waals surface area (Å²) in [7, 11) is 3.27. The first-order valence-corrected chi connectivity index (χ1v) is 47.1. The molecule has 14 aromatic rings. The molecule has 0 saturated heterocycles. The highest BCUT2D eigenvalue weighted by molar-refractivity contribution is 5.73. The minimum atomic E-state index is -0.514. The van der Waals surface area contributed by atoms with Crippen molar-refractivity contribution in [3.63, 3.8) is 0 Å². The third kappa shape index (κ3) is 18.2. The van der Waals surface area contributed by atoms with Crippen molar-refractivity contribution in [2.24, 2.45) is 23.7 Å². The maximum atomic E-state index is 10.8. The molecule has 4 fully saturated rings. The van der Waals surface area contributed by atoms with Crippen molar-refractivity contribution in [1.29, 1.82) is 0 Å². The molecule has 12 unspecified atom stereocenters. The fraction of sp³-hybridized carbons (Fsp3) is 0.423. The van der Waals surface area contributed by atoms with Crippen LogP contribution in [0, 0.1) is 23.7 Å². The quantitative estimate of drug-likeness (QED) is 0.0413. The van der Waals surface area contributed by atoms with Crippen LogP contribution in [0.3, 0.4) is 0 Å². The number of pyridine rings is 6. The van der Waals surface area contributed by atoms with Gasteiger partial charge in [-0.05, 0) is 159 Å². The molecule has 4 saturated carbocycles. The number of ether oxygens (including phenoxy) is 2. The van der Waals surface area contributed by atoms with E-state index in [4.69, 9.17) is 9.47 Å². The Labute approximate surface area is 758 Å². The molecule has 0 spiro atoms. The number of hydrogen-bond donors (Lipinski definition) is 6. The van der Waals surface area contributed by atoms with Crippen LogP contribution in [-0.4, -0.2) is 156 Å². The highest BCUT2D eigenvalue weighted by Crippen LogP contribution is 2.50. The van der Waals surface area contributed by atoms with Crippen LogP contribution in [0.1, 0.15) is 260 Å². The van der Waals surface area contributed by atoms with Crippen molar-refractivity contribution in [2.45, 2.75) is 240 Å². The third-order valence-corrected chi connectivity index (χ3v) is 29.3. The summed E-state index contributed by atoms with van der Waals surface area (Å²) < 4.78 is 23.5. The summed E-state index contributed by atoms with van der Waals surface area (Å²) >= 11 is 0. The summed E-state index contributed by atoms with van der Waals surface area (Å²) in [5.41, 5.74) is 22.2. The zero-order valence-electron chi connectivity index (χ0n) is 74.1. The van der Waals surface area contributed by atoms with E-state index in [1.165, 1.54) is 136 Å². The van der Waals surface area contributed by atoms with Gasteiger partial charge in [-0.3, -0.25) is 19.9 Å². The highest BCUT2D eigenvalue weighted by Gasteiger charge is 2.40. The first-order valence-electron chi connectivity index (χ1n) is 47.1. The molecular weight excluding hydrogens is 1630 g/mol. The van der Waals surface area contributed by atoms with E-state index in [1.807, 2.05) is 197 Å². The predicted molar refractivity (Wildman–Crippen MR) is 496 cm³/mol. The number of fused-ring (bicyclic) bond motifs is 18. The Kier molecular flexibility index (Phi) is 26.9. The summed E-state index contributed by atoms with van der Waals surface area (Å²) in [6.07, 6.45) is 64.1. The topological polar surface area (TPSA) is 324 Å². The van der Waals surface area contributed by atoms with Gasteiger partial charge in [-0.15, -0.1) is 0 Å². The molecule has 130 heavy (non-hydrogen) atoms. The number of nitrogens with zero attached hydrogens (tertiary/aromatic N) is 18. The number of methoxy groups -OCH3 is 2. The molecule has 2 aromatic carbocycles. The number of aliphatic hydroxyl groups excluding tert-OH is 6. The predicted octanol–water partition coefficient (Wildman–Crippen LogP) is 18.7. The van der Waals surface area contributed by atoms with Gasteiger partial charge in [-0.2, -0.15) is 0 Å². The smallest absolute Gasteiger partial charge is 0.213 e. The first-order chi connectivity index (χ1) is 63.9. The molecule has 0 radical (unpaired) electrons. The third-order valence-electron chi connectivity index (χ3n) is 29.3. The van der Waals surface area contributed by atoms with E-state index in [-0.39, 0.29) is 60.7 Å². The molecule has 6 N–H and O–H groups in total. The number of benzene rings is 2. The van der Waals surface area contributed by atoms with E-state index in [2.05, 4.69) is 111 Å². The summed E-state index contributed by atoms with van der Waals surface area (Å²) in [5.74, 6) is 3.05. The SMILES string of the molecule is COc1cc2c(cn1)-c1cncn1C2CC(O)C1CCCCC1.COc1cc2c(cn1)-c1cncn1C2CC(O)C1CCCCC1.OC(CC1c2cnccc2-c2cncn21)C1CCCCC1.OC(CC1c2cnccc2-c2cncn21)C1CCCCC1.OC(CC1c2ncccc2-c2cncn21)c1ccccc1.OC(CC1c2ncccc2-c2cncn21)c1ccccc1. The van der Waals surface area contributed by atoms with Crippen molar-refractivity contribution in [3.8, 4) is 79.3 Å². The van der Waals surface area contributed by atoms with Crippen molar-refractivity contribution < 1.29 is 40.1 Å². The van der Waals surface area contributed by atoms with Crippen LogP contribution in [-0.2, 0) is 0 Å². The van der Waals surface area contributed by atoms with Gasteiger partial charge in [-0.25, -0.2) is 39.9 Å². The molecule has 0 bridgehead atoms. The maximum Gasteiger partial charge on any atom is 0.213 e. The van der Waals surface area contributed by atoms with Gasteiger partial charge in [0.05, 0.1) is 208 Å². The lowest BCUT2D eigenvalue weighted by Gasteiger charge is -2.29. The van der Waals surface area contributed by atoms with Crippen LogP contribution in [0.5, 0.6) is 11.8 Å². The van der Waals surface area contributed by atoms with Crippen LogP contribution in [0.15, 0.2) is 234 Å². The van der Waals surface area contributed by atoms with Gasteiger partial charge in [0.1, 0.15) is 0 Å². The zero-order chi connectivity index (χ0) is 88.6. The first kappa shape index (κ1) is 87.3. The molecule has 18 heterocycles. The molecule has 12 atom stereocenters. The summed E-state index contributed by atoms with van der Waals surface area (Å²) in [6.45, 7) is 0. The lowest BCUT2D eigenvalue weighted by molar-refractivity contribution is 0.0684. The van der Waals surface area contributed by atoms with E-state index < -0.39 is 12.2 Å². The Balaban J connectivity index is 0.000000101. The van der Waals surface area contributed by atoms with Crippen LogP contribution >= 0.6 is 0 Å². The lowest BCUT2D eigenvalue weighted by atomic mass is 9.82. The second-order valence-electron chi connectivity index (χ2n) is 36.8. The zero-order valence-corrected chi connectivity index (χ0v) is 74.1. The fourth-order valence-electron chi connectivity index (χ4n) is 22.4. The lowest BCUT2D eigenvalue weighted by Crippen LogP contribution is -2.26. The van der Waals surface area contributed by atoms with Gasteiger partial charge in [0, 0.05) is 119 Å². The van der Waals surface area contributed by atoms with Gasteiger partial charge < -0.3 is 67.5 Å². The van der Waals surface area contributed by atoms with Crippen LogP contribution < -0.4 is 9.47 Å². The minimum absolute atomic E-state index is 0.0360. The van der Waals surface area contributed by atoms with Crippen LogP contribution in [0.25, 0.3) is 67.5 Å². The molecule has 6 aliphatic heterocycles. The molecule has 24 rings (SSSR count). The van der Waals surface area contributed by atoms with E-state index >= 15 is 0 Å². The Bertz CT molecular complexity index is 5700. The Morgan fingerprint density at radius 2 is 0.569 bits per heavy atom. The van der Waals surface area contributed by atoms with Crippen molar-refractivity contribution in [1.82, 2.24) is 87.2 Å². The molecule has 26 heteroatoms. The second kappa shape index (κ2) is 40.1. The van der Waals surface area contributed by atoms with Crippen molar-refractivity contribution >= 4 is 0 Å². The van der Waals surface area contributed by atoms with Crippen LogP contribution in [0.2, 0.25) is 0 Å². The minimum Gasteiger partial charge on any atom is -0.481 e. The fourth-order valence-corrected chi connectivity index (χ4v) is 22.4. The van der Waals surface area contributed by atoms with Gasteiger partial charge >= 0.3 is 0 Å². The molecule has 672 valence electrons. The largest absolute Gasteiger partial charge is 0.481 e. The molecular formula is C104H118N18O8. The highest BCUT2D eigenvalue weighted by atomic mass is 16.5. The van der Waals surface area contributed by atoms with Gasteiger partial charge in [0.2, 0.25) is 11.8 Å². The van der Waals surface area contributed by atoms with Crippen molar-refractivity contribution in [2.75, 3.05) is 14.2 Å². The molecule has 12 aromatic heterocycles. The molecule has 4 aliphatic carbocycles. The Hall–Kier alpha value is -12.0. The number of aromatic nitrogens is 18. The van der Waals surface area contributed by atoms with E-state index in [9.17, 15) is 30.6 Å². The number of rotatable bonds is 20. The monoisotopic (exact) mass is 1750 g/mol. The maximum absolute atomic E-state index is 10.8. The normalized spacial score (nSPS) is 20.6.